The molecule has 0 aliphatic heterocycles. The fourth-order valence-electron chi connectivity index (χ4n) is 2.75. The van der Waals surface area contributed by atoms with Gasteiger partial charge in [0.15, 0.2) is 0 Å². The van der Waals surface area contributed by atoms with Gasteiger partial charge in [0, 0.05) is 22.2 Å². The van der Waals surface area contributed by atoms with Crippen LogP contribution in [0.15, 0.2) is 47.8 Å². The minimum Gasteiger partial charge on any atom is -0.398 e. The van der Waals surface area contributed by atoms with E-state index in [4.69, 9.17) is 22.3 Å². The largest absolute Gasteiger partial charge is 0.398 e. The molecule has 2 N–H and O–H groups in total. The van der Waals surface area contributed by atoms with Gasteiger partial charge in [-0.05, 0) is 36.4 Å². The number of benzene rings is 2. The normalized spacial score (nSPS) is 11.2. The minimum absolute atomic E-state index is 0.0527. The smallest absolute Gasteiger partial charge is 0.266 e. The highest BCUT2D eigenvalue weighted by atomic mass is 35.5. The van der Waals surface area contributed by atoms with E-state index >= 15 is 0 Å². The molecule has 3 aromatic rings. The van der Waals surface area contributed by atoms with E-state index in [1.54, 1.807) is 34.9 Å². The molecule has 4 nitrogen and oxygen atoms in total. The van der Waals surface area contributed by atoms with E-state index < -0.39 is 0 Å². The maximum Gasteiger partial charge on any atom is 0.266 e. The van der Waals surface area contributed by atoms with Gasteiger partial charge in [-0.15, -0.1) is 0 Å². The molecule has 122 valence electrons. The van der Waals surface area contributed by atoms with Crippen LogP contribution >= 0.6 is 11.6 Å². The van der Waals surface area contributed by atoms with Gasteiger partial charge in [0.05, 0.1) is 16.6 Å². The summed E-state index contributed by atoms with van der Waals surface area (Å²) in [4.78, 5) is 17.9. The maximum absolute atomic E-state index is 13.1. The molecule has 0 spiro atoms. The van der Waals surface area contributed by atoms with Gasteiger partial charge in [0.2, 0.25) is 0 Å². The Morgan fingerprint density at radius 3 is 2.46 bits per heavy atom. The summed E-state index contributed by atoms with van der Waals surface area (Å²) in [6, 6.07) is 10.6. The first-order valence-electron chi connectivity index (χ1n) is 7.67. The van der Waals surface area contributed by atoms with E-state index in [1.807, 2.05) is 26.0 Å². The average Bonchev–Trinajstić information content (AvgIpc) is 2.55. The number of fused-ring (bicyclic) bond motifs is 1. The molecule has 2 aromatic carbocycles. The van der Waals surface area contributed by atoms with Gasteiger partial charge in [0.1, 0.15) is 5.82 Å². The third-order valence-corrected chi connectivity index (χ3v) is 4.20. The summed E-state index contributed by atoms with van der Waals surface area (Å²) >= 11 is 5.97. The maximum atomic E-state index is 13.1. The fraction of sp³-hybridized carbons (Fsp3) is 0.158. The summed E-state index contributed by atoms with van der Waals surface area (Å²) in [6.07, 6.45) is 1.64. The number of hydrogen-bond acceptors (Lipinski definition) is 3. The zero-order valence-corrected chi connectivity index (χ0v) is 14.3. The van der Waals surface area contributed by atoms with Crippen molar-refractivity contribution in [3.8, 4) is 5.69 Å². The number of aromatic nitrogens is 2. The van der Waals surface area contributed by atoms with Crippen LogP contribution in [0.4, 0.5) is 5.69 Å². The van der Waals surface area contributed by atoms with Crippen LogP contribution in [0, 0.1) is 0 Å². The van der Waals surface area contributed by atoms with Gasteiger partial charge >= 0.3 is 0 Å². The van der Waals surface area contributed by atoms with Crippen molar-refractivity contribution in [2.75, 3.05) is 5.73 Å². The van der Waals surface area contributed by atoms with Crippen molar-refractivity contribution in [1.82, 2.24) is 9.55 Å². The van der Waals surface area contributed by atoms with E-state index in [2.05, 4.69) is 6.58 Å². The van der Waals surface area contributed by atoms with E-state index in [0.717, 1.165) is 5.69 Å². The van der Waals surface area contributed by atoms with Crippen LogP contribution in [0.2, 0.25) is 5.02 Å². The highest BCUT2D eigenvalue weighted by molar-refractivity contribution is 6.30. The van der Waals surface area contributed by atoms with Crippen molar-refractivity contribution in [1.29, 1.82) is 0 Å². The summed E-state index contributed by atoms with van der Waals surface area (Å²) < 4.78 is 1.63. The number of nitrogen functional groups attached to an aromatic ring is 1. The van der Waals surface area contributed by atoms with E-state index in [0.29, 0.717) is 33.0 Å². The molecule has 3 rings (SSSR count). The summed E-state index contributed by atoms with van der Waals surface area (Å²) in [5.74, 6) is 0.723. The van der Waals surface area contributed by atoms with Crippen molar-refractivity contribution >= 4 is 34.3 Å². The third-order valence-electron chi connectivity index (χ3n) is 3.95. The van der Waals surface area contributed by atoms with E-state index in [9.17, 15) is 4.79 Å². The highest BCUT2D eigenvalue weighted by Crippen LogP contribution is 2.25. The number of anilines is 1. The molecule has 24 heavy (non-hydrogen) atoms. The van der Waals surface area contributed by atoms with Gasteiger partial charge in [0.25, 0.3) is 5.56 Å². The monoisotopic (exact) mass is 339 g/mol. The Labute approximate surface area is 145 Å². The van der Waals surface area contributed by atoms with Gasteiger partial charge in [-0.1, -0.05) is 38.1 Å². The lowest BCUT2D eigenvalue weighted by Gasteiger charge is -2.17. The van der Waals surface area contributed by atoms with E-state index in [-0.39, 0.29) is 11.5 Å². The Morgan fingerprint density at radius 1 is 1.21 bits per heavy atom. The SMILES string of the molecule is C=Cc1c(N)ccc2c(=O)n(-c3ccc(Cl)cc3)c(C(C)C)nc12. The lowest BCUT2D eigenvalue weighted by molar-refractivity contribution is 0.723. The zero-order chi connectivity index (χ0) is 17.4. The van der Waals surface area contributed by atoms with Crippen LogP contribution in [0.3, 0.4) is 0 Å². The first-order valence-corrected chi connectivity index (χ1v) is 8.05. The summed E-state index contributed by atoms with van der Waals surface area (Å²) in [6.45, 7) is 7.79. The van der Waals surface area contributed by atoms with Crippen molar-refractivity contribution in [2.24, 2.45) is 0 Å². The second kappa shape index (κ2) is 6.13. The number of halogens is 1. The van der Waals surface area contributed by atoms with Gasteiger partial charge in [-0.3, -0.25) is 9.36 Å². The van der Waals surface area contributed by atoms with Gasteiger partial charge in [-0.2, -0.15) is 0 Å². The van der Waals surface area contributed by atoms with Crippen LogP contribution in [0.25, 0.3) is 22.7 Å². The number of hydrogen-bond donors (Lipinski definition) is 1. The molecule has 0 amide bonds. The Balaban J connectivity index is 2.45. The number of nitrogens with zero attached hydrogens (tertiary/aromatic N) is 2. The molecule has 0 aliphatic carbocycles. The second-order valence-corrected chi connectivity index (χ2v) is 6.35. The van der Waals surface area contributed by atoms with Gasteiger partial charge < -0.3 is 5.73 Å². The molecule has 5 heteroatoms. The summed E-state index contributed by atoms with van der Waals surface area (Å²) in [5.41, 5.74) is 8.44. The molecule has 1 heterocycles. The molecule has 0 fully saturated rings. The van der Waals surface area contributed by atoms with Crippen LogP contribution < -0.4 is 11.3 Å². The van der Waals surface area contributed by atoms with Crippen molar-refractivity contribution in [2.45, 2.75) is 19.8 Å². The topological polar surface area (TPSA) is 60.9 Å². The van der Waals surface area contributed by atoms with Gasteiger partial charge in [-0.25, -0.2) is 4.98 Å². The lowest BCUT2D eigenvalue weighted by Crippen LogP contribution is -2.25. The lowest BCUT2D eigenvalue weighted by atomic mass is 10.1. The molecule has 0 saturated carbocycles. The van der Waals surface area contributed by atoms with Crippen LogP contribution in [-0.2, 0) is 0 Å². The Hall–Kier alpha value is -2.59. The predicted octanol–water partition coefficient (Wildman–Crippen LogP) is 4.39. The van der Waals surface area contributed by atoms with Crippen LogP contribution in [0.1, 0.15) is 31.2 Å². The molecular weight excluding hydrogens is 322 g/mol. The Morgan fingerprint density at radius 2 is 1.88 bits per heavy atom. The minimum atomic E-state index is -0.130. The Kier molecular flexibility index (Phi) is 4.16. The first-order chi connectivity index (χ1) is 11.4. The third kappa shape index (κ3) is 2.59. The number of rotatable bonds is 3. The molecule has 1 aromatic heterocycles. The quantitative estimate of drug-likeness (QED) is 0.720. The van der Waals surface area contributed by atoms with Crippen molar-refractivity contribution in [3.63, 3.8) is 0 Å². The average molecular weight is 340 g/mol. The zero-order valence-electron chi connectivity index (χ0n) is 13.6. The van der Waals surface area contributed by atoms with Crippen molar-refractivity contribution in [3.05, 3.63) is 69.7 Å². The standard InChI is InChI=1S/C19H18ClN3O/c1-4-14-16(21)10-9-15-17(14)22-18(11(2)3)23(19(15)24)13-7-5-12(20)6-8-13/h4-11H,1,21H2,2-3H3. The molecule has 0 unspecified atom stereocenters. The Bertz CT molecular complexity index is 988. The number of nitrogens with two attached hydrogens (primary N) is 1. The predicted molar refractivity (Wildman–Crippen MR) is 101 cm³/mol. The second-order valence-electron chi connectivity index (χ2n) is 5.91. The summed E-state index contributed by atoms with van der Waals surface area (Å²) in [7, 11) is 0. The molecule has 0 saturated heterocycles. The molecular formula is C19H18ClN3O. The summed E-state index contributed by atoms with van der Waals surface area (Å²) in [5, 5.41) is 1.13. The van der Waals surface area contributed by atoms with Crippen LogP contribution in [-0.4, -0.2) is 9.55 Å². The van der Waals surface area contributed by atoms with Crippen LogP contribution in [0.5, 0.6) is 0 Å². The van der Waals surface area contributed by atoms with Crippen molar-refractivity contribution < 1.29 is 0 Å². The van der Waals surface area contributed by atoms with E-state index in [1.165, 1.54) is 0 Å². The first kappa shape index (κ1) is 16.3. The molecule has 0 atom stereocenters. The highest BCUT2D eigenvalue weighted by Gasteiger charge is 2.17. The molecule has 0 aliphatic rings. The fourth-order valence-corrected chi connectivity index (χ4v) is 2.87. The molecule has 0 bridgehead atoms. The molecule has 0 radical (unpaired) electrons.